The van der Waals surface area contributed by atoms with Crippen molar-refractivity contribution in [2.24, 2.45) is 0 Å². The molecule has 1 aromatic heterocycles. The largest absolute Gasteiger partial charge is 0.347 e. The molecule has 1 aliphatic rings. The van der Waals surface area contributed by atoms with Crippen LogP contribution in [0.25, 0.3) is 0 Å². The van der Waals surface area contributed by atoms with Gasteiger partial charge in [-0.25, -0.2) is 4.98 Å². The number of carbonyl (C=O) groups is 1. The van der Waals surface area contributed by atoms with E-state index in [4.69, 9.17) is 0 Å². The fourth-order valence-corrected chi connectivity index (χ4v) is 2.23. The normalized spacial score (nSPS) is 18.4. The lowest BCUT2D eigenvalue weighted by atomic mass is 10.1. The average Bonchev–Trinajstić information content (AvgIpc) is 2.60. The SMILES string of the molecule is CNC(C)c1ccnc(N2CCCN(C)C(=O)C2)c1. The van der Waals surface area contributed by atoms with Crippen molar-refractivity contribution in [3.63, 3.8) is 0 Å². The molecule has 1 N–H and O–H groups in total. The molecule has 1 amide bonds. The fraction of sp³-hybridized carbons (Fsp3) is 0.571. The van der Waals surface area contributed by atoms with E-state index in [0.29, 0.717) is 6.54 Å². The maximum absolute atomic E-state index is 11.9. The molecule has 5 nitrogen and oxygen atoms in total. The van der Waals surface area contributed by atoms with E-state index in [1.54, 1.807) is 4.90 Å². The summed E-state index contributed by atoms with van der Waals surface area (Å²) in [5, 5.41) is 3.22. The number of amides is 1. The summed E-state index contributed by atoms with van der Waals surface area (Å²) >= 11 is 0. The second kappa shape index (κ2) is 6.02. The summed E-state index contributed by atoms with van der Waals surface area (Å²) in [5.41, 5.74) is 1.19. The number of carbonyl (C=O) groups excluding carboxylic acids is 1. The Kier molecular flexibility index (Phi) is 4.37. The van der Waals surface area contributed by atoms with E-state index < -0.39 is 0 Å². The Morgan fingerprint density at radius 1 is 1.42 bits per heavy atom. The van der Waals surface area contributed by atoms with Gasteiger partial charge in [-0.05, 0) is 38.1 Å². The number of hydrogen-bond acceptors (Lipinski definition) is 4. The molecule has 2 heterocycles. The van der Waals surface area contributed by atoms with E-state index in [2.05, 4.69) is 28.2 Å². The zero-order valence-corrected chi connectivity index (χ0v) is 11.9. The van der Waals surface area contributed by atoms with Crippen molar-refractivity contribution in [1.82, 2.24) is 15.2 Å². The Morgan fingerprint density at radius 2 is 2.21 bits per heavy atom. The van der Waals surface area contributed by atoms with Crippen molar-refractivity contribution >= 4 is 11.7 Å². The summed E-state index contributed by atoms with van der Waals surface area (Å²) in [4.78, 5) is 20.2. The first kappa shape index (κ1) is 13.8. The van der Waals surface area contributed by atoms with Crippen LogP contribution in [0.1, 0.15) is 24.9 Å². The number of nitrogens with zero attached hydrogens (tertiary/aromatic N) is 3. The van der Waals surface area contributed by atoms with Gasteiger partial charge >= 0.3 is 0 Å². The number of nitrogens with one attached hydrogen (secondary N) is 1. The van der Waals surface area contributed by atoms with Crippen LogP contribution in [-0.4, -0.2) is 49.5 Å². The van der Waals surface area contributed by atoms with Crippen LogP contribution in [0.4, 0.5) is 5.82 Å². The van der Waals surface area contributed by atoms with Crippen molar-refractivity contribution < 1.29 is 4.79 Å². The molecule has 1 atom stereocenters. The van der Waals surface area contributed by atoms with Crippen LogP contribution < -0.4 is 10.2 Å². The van der Waals surface area contributed by atoms with Gasteiger partial charge in [0.2, 0.25) is 5.91 Å². The van der Waals surface area contributed by atoms with E-state index in [0.717, 1.165) is 25.3 Å². The van der Waals surface area contributed by atoms with Gasteiger partial charge in [-0.1, -0.05) is 0 Å². The molecule has 0 bridgehead atoms. The van der Waals surface area contributed by atoms with Crippen LogP contribution in [0, 0.1) is 0 Å². The second-order valence-electron chi connectivity index (χ2n) is 5.05. The van der Waals surface area contributed by atoms with Crippen LogP contribution in [0.15, 0.2) is 18.3 Å². The van der Waals surface area contributed by atoms with Gasteiger partial charge < -0.3 is 15.1 Å². The zero-order valence-electron chi connectivity index (χ0n) is 11.9. The molecular weight excluding hydrogens is 240 g/mol. The molecule has 0 saturated carbocycles. The lowest BCUT2D eigenvalue weighted by molar-refractivity contribution is -0.127. The van der Waals surface area contributed by atoms with Crippen LogP contribution in [-0.2, 0) is 4.79 Å². The van der Waals surface area contributed by atoms with Crippen LogP contribution >= 0.6 is 0 Å². The van der Waals surface area contributed by atoms with Gasteiger partial charge in [0.1, 0.15) is 5.82 Å². The van der Waals surface area contributed by atoms with E-state index >= 15 is 0 Å². The van der Waals surface area contributed by atoms with Gasteiger partial charge in [0.25, 0.3) is 0 Å². The molecule has 1 aromatic rings. The van der Waals surface area contributed by atoms with Crippen molar-refractivity contribution in [1.29, 1.82) is 0 Å². The Labute approximate surface area is 114 Å². The van der Waals surface area contributed by atoms with Gasteiger partial charge in [0.15, 0.2) is 0 Å². The molecular formula is C14H22N4O. The molecule has 104 valence electrons. The van der Waals surface area contributed by atoms with Gasteiger partial charge in [0, 0.05) is 32.4 Å². The maximum atomic E-state index is 11.9. The number of likely N-dealkylation sites (N-methyl/N-ethyl adjacent to an activating group) is 1. The monoisotopic (exact) mass is 262 g/mol. The maximum Gasteiger partial charge on any atom is 0.241 e. The summed E-state index contributed by atoms with van der Waals surface area (Å²) in [6, 6.07) is 4.36. The smallest absolute Gasteiger partial charge is 0.241 e. The van der Waals surface area contributed by atoms with Crippen LogP contribution in [0.2, 0.25) is 0 Å². The fourth-order valence-electron chi connectivity index (χ4n) is 2.23. The van der Waals surface area contributed by atoms with Crippen molar-refractivity contribution in [3.05, 3.63) is 23.9 Å². The summed E-state index contributed by atoms with van der Waals surface area (Å²) in [7, 11) is 3.80. The van der Waals surface area contributed by atoms with Crippen LogP contribution in [0.5, 0.6) is 0 Å². The van der Waals surface area contributed by atoms with Crippen LogP contribution in [0.3, 0.4) is 0 Å². The molecule has 5 heteroatoms. The topological polar surface area (TPSA) is 48.5 Å². The first-order chi connectivity index (χ1) is 9.11. The van der Waals surface area contributed by atoms with E-state index in [-0.39, 0.29) is 11.9 Å². The quantitative estimate of drug-likeness (QED) is 0.884. The van der Waals surface area contributed by atoms with Gasteiger partial charge in [0.05, 0.1) is 6.54 Å². The lowest BCUT2D eigenvalue weighted by Crippen LogP contribution is -2.34. The number of pyridine rings is 1. The van der Waals surface area contributed by atoms with Gasteiger partial charge in [-0.15, -0.1) is 0 Å². The molecule has 1 unspecified atom stereocenters. The van der Waals surface area contributed by atoms with E-state index in [1.165, 1.54) is 5.56 Å². The third kappa shape index (κ3) is 3.23. The summed E-state index contributed by atoms with van der Waals surface area (Å²) in [6.45, 7) is 4.23. The molecule has 0 aromatic carbocycles. The molecule has 2 rings (SSSR count). The van der Waals surface area contributed by atoms with E-state index in [1.807, 2.05) is 26.4 Å². The summed E-state index contributed by atoms with van der Waals surface area (Å²) < 4.78 is 0. The second-order valence-corrected chi connectivity index (χ2v) is 5.05. The molecule has 0 radical (unpaired) electrons. The Bertz CT molecular complexity index is 449. The Hall–Kier alpha value is -1.62. The third-order valence-electron chi connectivity index (χ3n) is 3.70. The van der Waals surface area contributed by atoms with Gasteiger partial charge in [-0.2, -0.15) is 0 Å². The van der Waals surface area contributed by atoms with Crippen molar-refractivity contribution in [2.45, 2.75) is 19.4 Å². The molecule has 19 heavy (non-hydrogen) atoms. The molecule has 0 spiro atoms. The first-order valence-electron chi connectivity index (χ1n) is 6.74. The minimum atomic E-state index is 0.159. The average molecular weight is 262 g/mol. The van der Waals surface area contributed by atoms with Crippen molar-refractivity contribution in [2.75, 3.05) is 38.6 Å². The van der Waals surface area contributed by atoms with Crippen molar-refractivity contribution in [3.8, 4) is 0 Å². The highest BCUT2D eigenvalue weighted by atomic mass is 16.2. The number of rotatable bonds is 3. The highest BCUT2D eigenvalue weighted by Crippen LogP contribution is 2.19. The third-order valence-corrected chi connectivity index (χ3v) is 3.70. The highest BCUT2D eigenvalue weighted by molar-refractivity contribution is 5.81. The van der Waals surface area contributed by atoms with E-state index in [9.17, 15) is 4.79 Å². The number of anilines is 1. The lowest BCUT2D eigenvalue weighted by Gasteiger charge is -2.22. The molecule has 0 aliphatic carbocycles. The Balaban J connectivity index is 2.19. The summed E-state index contributed by atoms with van der Waals surface area (Å²) in [5.74, 6) is 1.05. The first-order valence-corrected chi connectivity index (χ1v) is 6.74. The molecule has 1 saturated heterocycles. The number of hydrogen-bond donors (Lipinski definition) is 1. The summed E-state index contributed by atoms with van der Waals surface area (Å²) in [6.07, 6.45) is 2.80. The number of aromatic nitrogens is 1. The standard InChI is InChI=1S/C14H22N4O/c1-11(15-2)12-5-6-16-13(9-12)18-8-4-7-17(3)14(19)10-18/h5-6,9,11,15H,4,7-8,10H2,1-3H3. The minimum Gasteiger partial charge on any atom is -0.347 e. The predicted molar refractivity (Wildman–Crippen MR) is 76.2 cm³/mol. The zero-order chi connectivity index (χ0) is 13.8. The minimum absolute atomic E-state index is 0.159. The molecule has 1 aliphatic heterocycles. The molecule has 1 fully saturated rings. The van der Waals surface area contributed by atoms with Gasteiger partial charge in [-0.3, -0.25) is 4.79 Å². The highest BCUT2D eigenvalue weighted by Gasteiger charge is 2.20. The predicted octanol–water partition coefficient (Wildman–Crippen LogP) is 1.03. The Morgan fingerprint density at radius 3 is 2.95 bits per heavy atom.